The van der Waals surface area contributed by atoms with Gasteiger partial charge in [-0.25, -0.2) is 0 Å². The van der Waals surface area contributed by atoms with Crippen LogP contribution in [0, 0.1) is 5.92 Å². The fourth-order valence-corrected chi connectivity index (χ4v) is 2.42. The summed E-state index contributed by atoms with van der Waals surface area (Å²) in [6, 6.07) is 5.67. The summed E-state index contributed by atoms with van der Waals surface area (Å²) in [4.78, 5) is 2.21. The van der Waals surface area contributed by atoms with E-state index in [1.165, 1.54) is 0 Å². The molecular formula is C13H17Cl2NO. The van der Waals surface area contributed by atoms with Gasteiger partial charge in [0.05, 0.1) is 15.6 Å². The van der Waals surface area contributed by atoms with E-state index in [0.717, 1.165) is 25.2 Å². The number of nitrogens with zero attached hydrogens (tertiary/aromatic N) is 1. The lowest BCUT2D eigenvalue weighted by atomic mass is 9.83. The second kappa shape index (κ2) is 4.77. The number of rotatable bonds is 3. The van der Waals surface area contributed by atoms with Gasteiger partial charge < -0.3 is 5.11 Å². The Morgan fingerprint density at radius 2 is 1.94 bits per heavy atom. The number of β-amino-alcohol motifs (C(OH)–C–C–N with tert-alkyl or cyclic N) is 1. The van der Waals surface area contributed by atoms with Gasteiger partial charge in [0.1, 0.15) is 0 Å². The van der Waals surface area contributed by atoms with E-state index in [0.29, 0.717) is 16.0 Å². The maximum Gasteiger partial charge on any atom is 0.0923 e. The quantitative estimate of drug-likeness (QED) is 0.915. The standard InChI is InChI=1S/C13H17Cl2NO/c1-9(2)13(17)7-16(8-13)6-10-3-4-11(14)12(15)5-10/h3-5,9,17H,6-8H2,1-2H3. The molecule has 0 saturated carbocycles. The van der Waals surface area contributed by atoms with Gasteiger partial charge >= 0.3 is 0 Å². The first-order valence-corrected chi connectivity index (χ1v) is 6.55. The highest BCUT2D eigenvalue weighted by atomic mass is 35.5. The van der Waals surface area contributed by atoms with E-state index in [1.54, 1.807) is 0 Å². The van der Waals surface area contributed by atoms with Gasteiger partial charge in [-0.15, -0.1) is 0 Å². The topological polar surface area (TPSA) is 23.5 Å². The van der Waals surface area contributed by atoms with Crippen LogP contribution < -0.4 is 0 Å². The summed E-state index contributed by atoms with van der Waals surface area (Å²) >= 11 is 11.8. The van der Waals surface area contributed by atoms with E-state index >= 15 is 0 Å². The van der Waals surface area contributed by atoms with E-state index in [-0.39, 0.29) is 0 Å². The molecule has 1 aromatic carbocycles. The van der Waals surface area contributed by atoms with Crippen LogP contribution in [0.15, 0.2) is 18.2 Å². The largest absolute Gasteiger partial charge is 0.387 e. The second-order valence-electron chi connectivity index (χ2n) is 5.15. The molecule has 2 rings (SSSR count). The van der Waals surface area contributed by atoms with Crippen LogP contribution in [0.4, 0.5) is 0 Å². The molecule has 17 heavy (non-hydrogen) atoms. The van der Waals surface area contributed by atoms with Crippen LogP contribution in [0.25, 0.3) is 0 Å². The van der Waals surface area contributed by atoms with Gasteiger partial charge in [-0.2, -0.15) is 0 Å². The van der Waals surface area contributed by atoms with Crippen molar-refractivity contribution in [3.8, 4) is 0 Å². The Hall–Kier alpha value is -0.280. The molecule has 0 bridgehead atoms. The minimum absolute atomic E-state index is 0.299. The molecular weight excluding hydrogens is 257 g/mol. The van der Waals surface area contributed by atoms with Crippen molar-refractivity contribution >= 4 is 23.2 Å². The molecule has 0 unspecified atom stereocenters. The fourth-order valence-electron chi connectivity index (χ4n) is 2.10. The molecule has 2 nitrogen and oxygen atoms in total. The molecule has 1 aromatic rings. The minimum Gasteiger partial charge on any atom is -0.387 e. The summed E-state index contributed by atoms with van der Waals surface area (Å²) in [6.07, 6.45) is 0. The Kier molecular flexibility index (Phi) is 3.69. The van der Waals surface area contributed by atoms with Crippen molar-refractivity contribution in [2.75, 3.05) is 13.1 Å². The maximum atomic E-state index is 10.1. The molecule has 1 saturated heterocycles. The third-order valence-corrected chi connectivity index (χ3v) is 4.20. The van der Waals surface area contributed by atoms with Crippen molar-refractivity contribution in [1.29, 1.82) is 0 Å². The summed E-state index contributed by atoms with van der Waals surface area (Å²) in [6.45, 7) is 6.37. The lowest BCUT2D eigenvalue weighted by Gasteiger charge is -2.49. The highest BCUT2D eigenvalue weighted by molar-refractivity contribution is 6.42. The van der Waals surface area contributed by atoms with Crippen molar-refractivity contribution in [3.05, 3.63) is 33.8 Å². The number of hydrogen-bond donors (Lipinski definition) is 1. The predicted molar refractivity (Wildman–Crippen MR) is 71.5 cm³/mol. The normalized spacial score (nSPS) is 19.4. The lowest BCUT2D eigenvalue weighted by molar-refractivity contribution is -0.130. The SMILES string of the molecule is CC(C)C1(O)CN(Cc2ccc(Cl)c(Cl)c2)C1. The number of hydrogen-bond acceptors (Lipinski definition) is 2. The molecule has 1 aliphatic heterocycles. The summed E-state index contributed by atoms with van der Waals surface area (Å²) in [7, 11) is 0. The third-order valence-electron chi connectivity index (χ3n) is 3.46. The Labute approximate surface area is 112 Å². The molecule has 0 atom stereocenters. The maximum absolute atomic E-state index is 10.1. The summed E-state index contributed by atoms with van der Waals surface area (Å²) in [5, 5.41) is 11.3. The van der Waals surface area contributed by atoms with Crippen molar-refractivity contribution in [3.63, 3.8) is 0 Å². The third kappa shape index (κ3) is 2.76. The summed E-state index contributed by atoms with van der Waals surface area (Å²) in [5.41, 5.74) is 0.612. The molecule has 0 radical (unpaired) electrons. The Morgan fingerprint density at radius 3 is 2.47 bits per heavy atom. The van der Waals surface area contributed by atoms with Crippen LogP contribution in [-0.2, 0) is 6.54 Å². The first-order chi connectivity index (χ1) is 7.90. The van der Waals surface area contributed by atoms with E-state index in [4.69, 9.17) is 23.2 Å². The molecule has 1 fully saturated rings. The molecule has 1 heterocycles. The number of likely N-dealkylation sites (tertiary alicyclic amines) is 1. The number of aliphatic hydroxyl groups is 1. The average Bonchev–Trinajstić information content (AvgIpc) is 2.20. The second-order valence-corrected chi connectivity index (χ2v) is 5.97. The molecule has 0 amide bonds. The Morgan fingerprint density at radius 1 is 1.29 bits per heavy atom. The molecule has 4 heteroatoms. The predicted octanol–water partition coefficient (Wildman–Crippen LogP) is 3.20. The zero-order valence-corrected chi connectivity index (χ0v) is 11.6. The monoisotopic (exact) mass is 273 g/mol. The Balaban J connectivity index is 1.94. The van der Waals surface area contributed by atoms with Crippen molar-refractivity contribution < 1.29 is 5.11 Å². The minimum atomic E-state index is -0.518. The fraction of sp³-hybridized carbons (Fsp3) is 0.538. The lowest BCUT2D eigenvalue weighted by Crippen LogP contribution is -2.63. The van der Waals surface area contributed by atoms with Crippen molar-refractivity contribution in [2.45, 2.75) is 26.0 Å². The molecule has 1 N–H and O–H groups in total. The van der Waals surface area contributed by atoms with E-state index in [9.17, 15) is 5.11 Å². The van der Waals surface area contributed by atoms with Crippen molar-refractivity contribution in [1.82, 2.24) is 4.90 Å². The highest BCUT2D eigenvalue weighted by Gasteiger charge is 2.43. The molecule has 1 aliphatic rings. The van der Waals surface area contributed by atoms with Crippen LogP contribution in [0.1, 0.15) is 19.4 Å². The van der Waals surface area contributed by atoms with Gasteiger partial charge in [-0.05, 0) is 23.6 Å². The van der Waals surface area contributed by atoms with Crippen LogP contribution in [0.2, 0.25) is 10.0 Å². The van der Waals surface area contributed by atoms with Gasteiger partial charge in [-0.3, -0.25) is 4.90 Å². The van der Waals surface area contributed by atoms with E-state index < -0.39 is 5.60 Å². The van der Waals surface area contributed by atoms with Gasteiger partial charge in [0.2, 0.25) is 0 Å². The molecule has 0 aliphatic carbocycles. The molecule has 0 spiro atoms. The van der Waals surface area contributed by atoms with Crippen LogP contribution in [0.5, 0.6) is 0 Å². The van der Waals surface area contributed by atoms with Crippen molar-refractivity contribution in [2.24, 2.45) is 5.92 Å². The Bertz CT molecular complexity index is 414. The smallest absolute Gasteiger partial charge is 0.0923 e. The summed E-state index contributed by atoms with van der Waals surface area (Å²) in [5.74, 6) is 0.299. The average molecular weight is 274 g/mol. The van der Waals surface area contributed by atoms with Crippen LogP contribution >= 0.6 is 23.2 Å². The van der Waals surface area contributed by atoms with Gasteiger partial charge in [0.25, 0.3) is 0 Å². The number of benzene rings is 1. The zero-order valence-electron chi connectivity index (χ0n) is 10.1. The molecule has 94 valence electrons. The first kappa shape index (κ1) is 13.2. The van der Waals surface area contributed by atoms with Gasteiger partial charge in [0.15, 0.2) is 0 Å². The van der Waals surface area contributed by atoms with E-state index in [2.05, 4.69) is 18.7 Å². The summed E-state index contributed by atoms with van der Waals surface area (Å²) < 4.78 is 0. The van der Waals surface area contributed by atoms with Gasteiger partial charge in [0, 0.05) is 19.6 Å². The number of halogens is 2. The van der Waals surface area contributed by atoms with E-state index in [1.807, 2.05) is 18.2 Å². The first-order valence-electron chi connectivity index (χ1n) is 5.79. The zero-order chi connectivity index (χ0) is 12.6. The highest BCUT2D eigenvalue weighted by Crippen LogP contribution is 2.30. The molecule has 0 aromatic heterocycles. The van der Waals surface area contributed by atoms with Crippen LogP contribution in [-0.4, -0.2) is 28.7 Å². The van der Waals surface area contributed by atoms with Crippen LogP contribution in [0.3, 0.4) is 0 Å². The van der Waals surface area contributed by atoms with Gasteiger partial charge in [-0.1, -0.05) is 43.1 Å².